The smallest absolute Gasteiger partial charge is 0.258 e. The molecule has 144 valence electrons. The number of pyridine rings is 1. The predicted octanol–water partition coefficient (Wildman–Crippen LogP) is 4.63. The number of benzene rings is 2. The highest BCUT2D eigenvalue weighted by molar-refractivity contribution is 7.80. The largest absolute Gasteiger partial charge is 0.436 e. The monoisotopic (exact) mass is 402 g/mol. The Morgan fingerprint density at radius 2 is 1.97 bits per heavy atom. The first-order valence-electron chi connectivity index (χ1n) is 9.00. The number of rotatable bonds is 3. The van der Waals surface area contributed by atoms with Crippen LogP contribution in [0.5, 0.6) is 0 Å². The van der Waals surface area contributed by atoms with E-state index >= 15 is 0 Å². The first-order chi connectivity index (χ1) is 14.0. The second-order valence-corrected chi connectivity index (χ2v) is 7.09. The molecule has 0 saturated heterocycles. The molecular formula is C22H18N4O2S. The van der Waals surface area contributed by atoms with E-state index in [0.29, 0.717) is 17.1 Å². The Hall–Kier alpha value is -3.58. The fraction of sp³-hybridized carbons (Fsp3) is 0.0909. The highest BCUT2D eigenvalue weighted by Crippen LogP contribution is 2.28. The molecule has 0 saturated carbocycles. The highest BCUT2D eigenvalue weighted by atomic mass is 32.1. The number of aromatic nitrogens is 2. The van der Waals surface area contributed by atoms with Crippen molar-refractivity contribution in [3.63, 3.8) is 0 Å². The molecule has 0 atom stereocenters. The summed E-state index contributed by atoms with van der Waals surface area (Å²) in [6.07, 6.45) is 3.09. The Morgan fingerprint density at radius 1 is 1.10 bits per heavy atom. The molecule has 0 spiro atoms. The first kappa shape index (κ1) is 18.8. The Bertz CT molecular complexity index is 1220. The zero-order valence-corrected chi connectivity index (χ0v) is 16.7. The van der Waals surface area contributed by atoms with Crippen molar-refractivity contribution in [2.45, 2.75) is 13.8 Å². The molecule has 2 aromatic heterocycles. The lowest BCUT2D eigenvalue weighted by atomic mass is 10.1. The maximum Gasteiger partial charge on any atom is 0.258 e. The minimum atomic E-state index is -0.323. The molecule has 0 radical (unpaired) electrons. The van der Waals surface area contributed by atoms with E-state index in [9.17, 15) is 4.79 Å². The highest BCUT2D eigenvalue weighted by Gasteiger charge is 2.12. The summed E-state index contributed by atoms with van der Waals surface area (Å²) in [4.78, 5) is 20.7. The van der Waals surface area contributed by atoms with Gasteiger partial charge in [0.2, 0.25) is 5.89 Å². The molecule has 1 amide bonds. The predicted molar refractivity (Wildman–Crippen MR) is 117 cm³/mol. The van der Waals surface area contributed by atoms with Crippen LogP contribution in [0, 0.1) is 13.8 Å². The van der Waals surface area contributed by atoms with Gasteiger partial charge in [-0.05, 0) is 73.6 Å². The number of thiocarbonyl (C=S) groups is 1. The molecule has 0 aliphatic rings. The van der Waals surface area contributed by atoms with Crippen LogP contribution in [0.25, 0.3) is 22.6 Å². The lowest BCUT2D eigenvalue weighted by Gasteiger charge is -2.10. The SMILES string of the molecule is Cc1cc(C)c2oc(-c3cccc(NC(=S)NC(=O)c4cccnc4)c3)nc2c1. The number of aryl methyl sites for hydroxylation is 2. The third-order valence-electron chi connectivity index (χ3n) is 4.34. The molecule has 4 aromatic rings. The lowest BCUT2D eigenvalue weighted by molar-refractivity contribution is 0.0977. The Kier molecular flexibility index (Phi) is 5.05. The van der Waals surface area contributed by atoms with Gasteiger partial charge in [-0.3, -0.25) is 15.1 Å². The minimum Gasteiger partial charge on any atom is -0.436 e. The summed E-state index contributed by atoms with van der Waals surface area (Å²) in [7, 11) is 0. The molecule has 6 nitrogen and oxygen atoms in total. The summed E-state index contributed by atoms with van der Waals surface area (Å²) in [6.45, 7) is 4.04. The molecular weight excluding hydrogens is 384 g/mol. The van der Waals surface area contributed by atoms with Gasteiger partial charge in [0.05, 0.1) is 5.56 Å². The van der Waals surface area contributed by atoms with Crippen LogP contribution in [0.2, 0.25) is 0 Å². The van der Waals surface area contributed by atoms with Crippen LogP contribution in [-0.2, 0) is 0 Å². The molecule has 2 heterocycles. The number of carbonyl (C=O) groups excluding carboxylic acids is 1. The van der Waals surface area contributed by atoms with Gasteiger partial charge in [0.1, 0.15) is 5.52 Å². The number of hydrogen-bond donors (Lipinski definition) is 2. The Balaban J connectivity index is 1.52. The van der Waals surface area contributed by atoms with E-state index in [0.717, 1.165) is 27.8 Å². The standard InChI is InChI=1S/C22H18N4O2S/c1-13-9-14(2)19-18(10-13)25-21(28-19)15-5-3-7-17(11-15)24-22(29)26-20(27)16-6-4-8-23-12-16/h3-12H,1-2H3,(H2,24,26,27,29). The van der Waals surface area contributed by atoms with Gasteiger partial charge in [-0.15, -0.1) is 0 Å². The number of amides is 1. The fourth-order valence-electron chi connectivity index (χ4n) is 3.06. The normalized spacial score (nSPS) is 10.7. The van der Waals surface area contributed by atoms with Crippen molar-refractivity contribution in [3.8, 4) is 11.5 Å². The zero-order valence-electron chi connectivity index (χ0n) is 15.9. The van der Waals surface area contributed by atoms with Gasteiger partial charge in [0.15, 0.2) is 10.7 Å². The van der Waals surface area contributed by atoms with Crippen LogP contribution in [0.15, 0.2) is 65.3 Å². The van der Waals surface area contributed by atoms with Crippen molar-refractivity contribution in [2.75, 3.05) is 5.32 Å². The van der Waals surface area contributed by atoms with E-state index in [2.05, 4.69) is 26.7 Å². The van der Waals surface area contributed by atoms with Gasteiger partial charge in [-0.1, -0.05) is 12.1 Å². The Morgan fingerprint density at radius 3 is 2.76 bits per heavy atom. The van der Waals surface area contributed by atoms with Crippen LogP contribution in [0.4, 0.5) is 5.69 Å². The van der Waals surface area contributed by atoms with Gasteiger partial charge in [-0.25, -0.2) is 4.98 Å². The number of nitrogens with one attached hydrogen (secondary N) is 2. The van der Waals surface area contributed by atoms with Crippen molar-refractivity contribution >= 4 is 40.0 Å². The molecule has 2 aromatic carbocycles. The van der Waals surface area contributed by atoms with Crippen LogP contribution in [-0.4, -0.2) is 21.0 Å². The van der Waals surface area contributed by atoms with E-state index in [1.807, 2.05) is 44.2 Å². The summed E-state index contributed by atoms with van der Waals surface area (Å²) in [5.74, 6) is 0.208. The number of fused-ring (bicyclic) bond motifs is 1. The quantitative estimate of drug-likeness (QED) is 0.486. The lowest BCUT2D eigenvalue weighted by Crippen LogP contribution is -2.34. The summed E-state index contributed by atoms with van der Waals surface area (Å²) in [5.41, 5.74) is 5.76. The average molecular weight is 402 g/mol. The molecule has 29 heavy (non-hydrogen) atoms. The van der Waals surface area contributed by atoms with Crippen molar-refractivity contribution in [1.29, 1.82) is 0 Å². The van der Waals surface area contributed by atoms with Crippen molar-refractivity contribution in [1.82, 2.24) is 15.3 Å². The van der Waals surface area contributed by atoms with Crippen molar-refractivity contribution < 1.29 is 9.21 Å². The molecule has 0 aliphatic heterocycles. The van der Waals surface area contributed by atoms with Crippen LogP contribution < -0.4 is 10.6 Å². The maximum absolute atomic E-state index is 12.2. The van der Waals surface area contributed by atoms with E-state index in [-0.39, 0.29) is 11.0 Å². The van der Waals surface area contributed by atoms with E-state index < -0.39 is 0 Å². The molecule has 0 unspecified atom stereocenters. The fourth-order valence-corrected chi connectivity index (χ4v) is 3.28. The number of hydrogen-bond acceptors (Lipinski definition) is 5. The maximum atomic E-state index is 12.2. The van der Waals surface area contributed by atoms with Gasteiger partial charge >= 0.3 is 0 Å². The van der Waals surface area contributed by atoms with E-state index in [4.69, 9.17) is 16.6 Å². The number of carbonyl (C=O) groups is 1. The number of anilines is 1. The van der Waals surface area contributed by atoms with Gasteiger partial charge in [0.25, 0.3) is 5.91 Å². The molecule has 2 N–H and O–H groups in total. The molecule has 7 heteroatoms. The topological polar surface area (TPSA) is 80.0 Å². The Labute approximate surface area is 173 Å². The third kappa shape index (κ3) is 4.14. The second kappa shape index (κ2) is 7.81. The minimum absolute atomic E-state index is 0.194. The average Bonchev–Trinajstić information content (AvgIpc) is 3.13. The zero-order chi connectivity index (χ0) is 20.4. The van der Waals surface area contributed by atoms with E-state index in [1.54, 1.807) is 18.3 Å². The second-order valence-electron chi connectivity index (χ2n) is 6.68. The molecule has 0 fully saturated rings. The number of nitrogens with zero attached hydrogens (tertiary/aromatic N) is 2. The third-order valence-corrected chi connectivity index (χ3v) is 4.54. The van der Waals surface area contributed by atoms with Gasteiger partial charge < -0.3 is 9.73 Å². The summed E-state index contributed by atoms with van der Waals surface area (Å²) < 4.78 is 5.97. The summed E-state index contributed by atoms with van der Waals surface area (Å²) in [5, 5.41) is 5.85. The molecule has 0 aliphatic carbocycles. The summed E-state index contributed by atoms with van der Waals surface area (Å²) in [6, 6.07) is 14.9. The van der Waals surface area contributed by atoms with Gasteiger partial charge in [-0.2, -0.15) is 0 Å². The van der Waals surface area contributed by atoms with Crippen LogP contribution in [0.1, 0.15) is 21.5 Å². The first-order valence-corrected chi connectivity index (χ1v) is 9.41. The molecule has 0 bridgehead atoms. The van der Waals surface area contributed by atoms with Gasteiger partial charge in [0, 0.05) is 23.6 Å². The van der Waals surface area contributed by atoms with Crippen molar-refractivity contribution in [3.05, 3.63) is 77.6 Å². The number of oxazole rings is 1. The molecule has 4 rings (SSSR count). The van der Waals surface area contributed by atoms with Crippen molar-refractivity contribution in [2.24, 2.45) is 0 Å². The van der Waals surface area contributed by atoms with E-state index in [1.165, 1.54) is 6.20 Å². The summed E-state index contributed by atoms with van der Waals surface area (Å²) >= 11 is 5.25. The van der Waals surface area contributed by atoms with Crippen LogP contribution in [0.3, 0.4) is 0 Å². The van der Waals surface area contributed by atoms with Crippen LogP contribution >= 0.6 is 12.2 Å².